The fourth-order valence-electron chi connectivity index (χ4n) is 1.59. The van der Waals surface area contributed by atoms with E-state index in [0.717, 1.165) is 13.1 Å². The van der Waals surface area contributed by atoms with Gasteiger partial charge in [0.1, 0.15) is 0 Å². The normalized spacial score (nSPS) is 25.9. The van der Waals surface area contributed by atoms with Crippen molar-refractivity contribution in [1.82, 2.24) is 10.2 Å². The largest absolute Gasteiger partial charge is 0.308 e. The second kappa shape index (κ2) is 3.56. The molecule has 0 radical (unpaired) electrons. The molecule has 1 aromatic heterocycles. The highest BCUT2D eigenvalue weighted by Gasteiger charge is 2.17. The number of thiophene rings is 1. The summed E-state index contributed by atoms with van der Waals surface area (Å²) in [5.74, 6) is 0. The van der Waals surface area contributed by atoms with E-state index in [1.807, 2.05) is 0 Å². The summed E-state index contributed by atoms with van der Waals surface area (Å²) in [6.45, 7) is 3.41. The van der Waals surface area contributed by atoms with Gasteiger partial charge in [-0.1, -0.05) is 0 Å². The molecular formula is C9H14N2S. The molecule has 1 aliphatic heterocycles. The van der Waals surface area contributed by atoms with Crippen LogP contribution in [0.1, 0.15) is 11.6 Å². The Kier molecular flexibility index (Phi) is 2.44. The maximum absolute atomic E-state index is 3.52. The molecule has 0 amide bonds. The summed E-state index contributed by atoms with van der Waals surface area (Å²) in [5, 5.41) is 7.89. The predicted molar refractivity (Wildman–Crippen MR) is 52.6 cm³/mol. The van der Waals surface area contributed by atoms with E-state index in [-0.39, 0.29) is 0 Å². The molecule has 0 bridgehead atoms. The molecule has 1 fully saturated rings. The van der Waals surface area contributed by atoms with Crippen LogP contribution in [0.25, 0.3) is 0 Å². The Labute approximate surface area is 77.2 Å². The summed E-state index contributed by atoms with van der Waals surface area (Å²) in [4.78, 5) is 2.37. The van der Waals surface area contributed by atoms with Gasteiger partial charge in [0.25, 0.3) is 0 Å². The van der Waals surface area contributed by atoms with E-state index in [2.05, 4.69) is 34.1 Å². The maximum Gasteiger partial charge on any atom is 0.0457 e. The number of nitrogens with one attached hydrogen (secondary N) is 1. The third-order valence-corrected chi connectivity index (χ3v) is 3.03. The van der Waals surface area contributed by atoms with Gasteiger partial charge in [-0.05, 0) is 29.4 Å². The average Bonchev–Trinajstić information content (AvgIpc) is 2.56. The molecule has 12 heavy (non-hydrogen) atoms. The number of nitrogens with zero attached hydrogens (tertiary/aromatic N) is 1. The molecule has 2 rings (SSSR count). The fraction of sp³-hybridized carbons (Fsp3) is 0.556. The van der Waals surface area contributed by atoms with E-state index >= 15 is 0 Å². The topological polar surface area (TPSA) is 15.3 Å². The van der Waals surface area contributed by atoms with E-state index in [4.69, 9.17) is 0 Å². The molecule has 1 atom stereocenters. The van der Waals surface area contributed by atoms with E-state index in [0.29, 0.717) is 6.04 Å². The number of hydrogen-bond donors (Lipinski definition) is 1. The monoisotopic (exact) mass is 182 g/mol. The van der Waals surface area contributed by atoms with Gasteiger partial charge in [-0.3, -0.25) is 0 Å². The first-order chi connectivity index (χ1) is 5.86. The second-order valence-electron chi connectivity index (χ2n) is 3.33. The van der Waals surface area contributed by atoms with Crippen LogP contribution in [0.2, 0.25) is 0 Å². The van der Waals surface area contributed by atoms with Gasteiger partial charge in [0.2, 0.25) is 0 Å². The van der Waals surface area contributed by atoms with Crippen molar-refractivity contribution in [1.29, 1.82) is 0 Å². The third kappa shape index (κ3) is 1.68. The quantitative estimate of drug-likeness (QED) is 0.705. The smallest absolute Gasteiger partial charge is 0.0457 e. The van der Waals surface area contributed by atoms with Gasteiger partial charge in [0.15, 0.2) is 0 Å². The molecule has 0 saturated carbocycles. The zero-order valence-electron chi connectivity index (χ0n) is 7.29. The highest BCUT2D eigenvalue weighted by molar-refractivity contribution is 7.07. The Hall–Kier alpha value is -0.380. The Balaban J connectivity index is 2.04. The van der Waals surface area contributed by atoms with Gasteiger partial charge >= 0.3 is 0 Å². The first-order valence-corrected chi connectivity index (χ1v) is 5.24. The predicted octanol–water partition coefficient (Wildman–Crippen LogP) is 1.32. The van der Waals surface area contributed by atoms with Crippen molar-refractivity contribution in [3.8, 4) is 0 Å². The first kappa shape index (κ1) is 8.23. The van der Waals surface area contributed by atoms with Crippen LogP contribution >= 0.6 is 11.3 Å². The zero-order chi connectivity index (χ0) is 8.39. The second-order valence-corrected chi connectivity index (χ2v) is 4.11. The molecule has 1 N–H and O–H groups in total. The number of rotatable bonds is 1. The van der Waals surface area contributed by atoms with Gasteiger partial charge in [-0.2, -0.15) is 11.3 Å². The Morgan fingerprint density at radius 1 is 1.67 bits per heavy atom. The summed E-state index contributed by atoms with van der Waals surface area (Å²) < 4.78 is 0. The van der Waals surface area contributed by atoms with Gasteiger partial charge in [0, 0.05) is 25.7 Å². The van der Waals surface area contributed by atoms with Gasteiger partial charge in [-0.15, -0.1) is 0 Å². The molecule has 66 valence electrons. The van der Waals surface area contributed by atoms with Crippen LogP contribution in [0.15, 0.2) is 16.8 Å². The van der Waals surface area contributed by atoms with E-state index in [1.165, 1.54) is 12.1 Å². The SMILES string of the molecule is CN1CCN[C@@H](c2ccsc2)C1. The van der Waals surface area contributed by atoms with Gasteiger partial charge in [0.05, 0.1) is 0 Å². The van der Waals surface area contributed by atoms with Crippen LogP contribution in [0, 0.1) is 0 Å². The molecule has 0 aromatic carbocycles. The Morgan fingerprint density at radius 3 is 3.25 bits per heavy atom. The fourth-order valence-corrected chi connectivity index (χ4v) is 2.31. The standard InChI is InChI=1S/C9H14N2S/c1-11-4-3-10-9(6-11)8-2-5-12-7-8/h2,5,7,9-10H,3-4,6H2,1H3/t9-/m1/s1. The van der Waals surface area contributed by atoms with Gasteiger partial charge < -0.3 is 10.2 Å². The molecule has 1 aliphatic rings. The molecule has 0 unspecified atom stereocenters. The minimum absolute atomic E-state index is 0.551. The van der Waals surface area contributed by atoms with E-state index < -0.39 is 0 Å². The minimum atomic E-state index is 0.551. The molecule has 0 aliphatic carbocycles. The van der Waals surface area contributed by atoms with Gasteiger partial charge in [-0.25, -0.2) is 0 Å². The van der Waals surface area contributed by atoms with E-state index in [9.17, 15) is 0 Å². The zero-order valence-corrected chi connectivity index (χ0v) is 8.10. The van der Waals surface area contributed by atoms with Crippen LogP contribution < -0.4 is 5.32 Å². The van der Waals surface area contributed by atoms with Crippen molar-refractivity contribution < 1.29 is 0 Å². The first-order valence-electron chi connectivity index (χ1n) is 4.30. The van der Waals surface area contributed by atoms with Crippen molar-refractivity contribution in [2.24, 2.45) is 0 Å². The number of piperazine rings is 1. The van der Waals surface area contributed by atoms with Crippen molar-refractivity contribution >= 4 is 11.3 Å². The van der Waals surface area contributed by atoms with Crippen molar-refractivity contribution in [2.75, 3.05) is 26.7 Å². The lowest BCUT2D eigenvalue weighted by Gasteiger charge is -2.30. The molecular weight excluding hydrogens is 168 g/mol. The van der Waals surface area contributed by atoms with Crippen LogP contribution in [-0.4, -0.2) is 31.6 Å². The summed E-state index contributed by atoms with van der Waals surface area (Å²) in [7, 11) is 2.18. The molecule has 0 spiro atoms. The minimum Gasteiger partial charge on any atom is -0.308 e. The summed E-state index contributed by atoms with van der Waals surface area (Å²) in [5.41, 5.74) is 1.44. The number of hydrogen-bond acceptors (Lipinski definition) is 3. The lowest BCUT2D eigenvalue weighted by Crippen LogP contribution is -2.43. The maximum atomic E-state index is 3.52. The molecule has 2 heterocycles. The van der Waals surface area contributed by atoms with Crippen molar-refractivity contribution in [3.63, 3.8) is 0 Å². The highest BCUT2D eigenvalue weighted by Crippen LogP contribution is 2.18. The summed E-state index contributed by atoms with van der Waals surface area (Å²) in [6.07, 6.45) is 0. The van der Waals surface area contributed by atoms with Crippen LogP contribution in [0.4, 0.5) is 0 Å². The molecule has 2 nitrogen and oxygen atoms in total. The van der Waals surface area contributed by atoms with Crippen LogP contribution in [-0.2, 0) is 0 Å². The number of likely N-dealkylation sites (N-methyl/N-ethyl adjacent to an activating group) is 1. The van der Waals surface area contributed by atoms with Crippen LogP contribution in [0.3, 0.4) is 0 Å². The lowest BCUT2D eigenvalue weighted by atomic mass is 10.1. The van der Waals surface area contributed by atoms with E-state index in [1.54, 1.807) is 11.3 Å². The average molecular weight is 182 g/mol. The van der Waals surface area contributed by atoms with Crippen molar-refractivity contribution in [3.05, 3.63) is 22.4 Å². The van der Waals surface area contributed by atoms with Crippen molar-refractivity contribution in [2.45, 2.75) is 6.04 Å². The highest BCUT2D eigenvalue weighted by atomic mass is 32.1. The lowest BCUT2D eigenvalue weighted by molar-refractivity contribution is 0.241. The Morgan fingerprint density at radius 2 is 2.58 bits per heavy atom. The molecule has 3 heteroatoms. The summed E-state index contributed by atoms with van der Waals surface area (Å²) in [6, 6.07) is 2.76. The van der Waals surface area contributed by atoms with Crippen LogP contribution in [0.5, 0.6) is 0 Å². The molecule has 1 saturated heterocycles. The Bertz CT molecular complexity index is 233. The third-order valence-electron chi connectivity index (χ3n) is 2.32. The summed E-state index contributed by atoms with van der Waals surface area (Å²) >= 11 is 1.78. The molecule has 1 aromatic rings.